The summed E-state index contributed by atoms with van der Waals surface area (Å²) in [4.78, 5) is 22.4. The van der Waals surface area contributed by atoms with Crippen LogP contribution >= 0.6 is 7.82 Å². The van der Waals surface area contributed by atoms with Crippen molar-refractivity contribution in [2.24, 2.45) is 5.73 Å². The standard InChI is InChI=1S/C47H84NO7P/c1-3-5-7-9-11-13-15-17-19-21-23-24-26-28-30-32-34-36-38-40-47(49)55-46(45-54-56(50,51)53-43-41-48)44-52-42-39-37-35-33-31-29-27-25-22-20-18-16-14-12-10-8-6-4-2/h11,13,17,19,23-24,28,30,34,36,39,42,46H,3-10,12,14-16,18,20-22,25-27,29,31-33,35,37-38,40-41,43-45,48H2,1-2H3,(H,50,51)/b13-11+,19-17+,24-23+,30-28+,36-34+,42-39+/t46-/m1/s1. The molecule has 0 aliphatic rings. The Balaban J connectivity index is 4.20. The highest BCUT2D eigenvalue weighted by molar-refractivity contribution is 7.47. The van der Waals surface area contributed by atoms with E-state index in [2.05, 4.69) is 62.5 Å². The average molecular weight is 806 g/mol. The van der Waals surface area contributed by atoms with Crippen LogP contribution in [0.15, 0.2) is 73.1 Å². The fraction of sp³-hybridized carbons (Fsp3) is 0.723. The Labute approximate surface area is 344 Å². The number of esters is 1. The first-order valence-corrected chi connectivity index (χ1v) is 24.0. The lowest BCUT2D eigenvalue weighted by Crippen LogP contribution is -2.27. The predicted octanol–water partition coefficient (Wildman–Crippen LogP) is 13.9. The van der Waals surface area contributed by atoms with Crippen LogP contribution in [0.4, 0.5) is 0 Å². The molecular weight excluding hydrogens is 721 g/mol. The van der Waals surface area contributed by atoms with Crippen molar-refractivity contribution in [3.63, 3.8) is 0 Å². The third-order valence-corrected chi connectivity index (χ3v) is 10.2. The smallest absolute Gasteiger partial charge is 0.472 e. The topological polar surface area (TPSA) is 117 Å². The Morgan fingerprint density at radius 3 is 1.46 bits per heavy atom. The van der Waals surface area contributed by atoms with Gasteiger partial charge in [0.15, 0.2) is 6.10 Å². The van der Waals surface area contributed by atoms with Gasteiger partial charge < -0.3 is 20.1 Å². The molecule has 2 atom stereocenters. The van der Waals surface area contributed by atoms with Gasteiger partial charge in [-0.1, -0.05) is 184 Å². The second kappa shape index (κ2) is 43.9. The number of allylic oxidation sites excluding steroid dienone is 11. The molecule has 0 rings (SSSR count). The molecular formula is C47H84NO7P. The van der Waals surface area contributed by atoms with Crippen LogP contribution in [0.5, 0.6) is 0 Å². The van der Waals surface area contributed by atoms with Crippen molar-refractivity contribution in [3.8, 4) is 0 Å². The minimum Gasteiger partial charge on any atom is -0.498 e. The normalized spacial score (nSPS) is 14.1. The SMILES string of the molecule is CCCCC/C=C/C/C=C/C/C=C/C/C=C/C/C=C/CCC(=O)O[C@H](CO/C=C/CCCCCCCCCCCCCCCCCC)COP(=O)(O)OCCN. The van der Waals surface area contributed by atoms with Gasteiger partial charge in [-0.3, -0.25) is 13.8 Å². The van der Waals surface area contributed by atoms with Gasteiger partial charge in [0.1, 0.15) is 6.61 Å². The number of phosphoric acid groups is 1. The van der Waals surface area contributed by atoms with E-state index in [9.17, 15) is 14.3 Å². The maximum atomic E-state index is 12.5. The van der Waals surface area contributed by atoms with Gasteiger partial charge in [-0.2, -0.15) is 0 Å². The molecule has 0 saturated heterocycles. The number of carbonyl (C=O) groups is 1. The summed E-state index contributed by atoms with van der Waals surface area (Å²) in [5.41, 5.74) is 5.36. The molecule has 1 unspecified atom stereocenters. The highest BCUT2D eigenvalue weighted by Gasteiger charge is 2.25. The van der Waals surface area contributed by atoms with E-state index in [-0.39, 0.29) is 32.8 Å². The van der Waals surface area contributed by atoms with E-state index in [0.717, 1.165) is 38.5 Å². The number of rotatable bonds is 42. The first-order chi connectivity index (χ1) is 27.4. The quantitative estimate of drug-likeness (QED) is 0.0206. The Bertz CT molecular complexity index is 1080. The second-order valence-corrected chi connectivity index (χ2v) is 16.1. The summed E-state index contributed by atoms with van der Waals surface area (Å²) in [6.45, 7) is 4.13. The molecule has 0 bridgehead atoms. The van der Waals surface area contributed by atoms with Gasteiger partial charge in [-0.05, 0) is 63.9 Å². The summed E-state index contributed by atoms with van der Waals surface area (Å²) in [5, 5.41) is 0. The molecule has 0 fully saturated rings. The summed E-state index contributed by atoms with van der Waals surface area (Å²) < 4.78 is 33.1. The second-order valence-electron chi connectivity index (χ2n) is 14.6. The van der Waals surface area contributed by atoms with Gasteiger partial charge >= 0.3 is 13.8 Å². The van der Waals surface area contributed by atoms with Crippen molar-refractivity contribution in [2.45, 2.75) is 193 Å². The third kappa shape index (κ3) is 42.9. The Kier molecular flexibility index (Phi) is 42.2. The van der Waals surface area contributed by atoms with E-state index >= 15 is 0 Å². The van der Waals surface area contributed by atoms with Crippen LogP contribution in [0.25, 0.3) is 0 Å². The number of phosphoric ester groups is 1. The van der Waals surface area contributed by atoms with Gasteiger partial charge in [-0.15, -0.1) is 0 Å². The van der Waals surface area contributed by atoms with Crippen LogP contribution in [0.1, 0.15) is 187 Å². The van der Waals surface area contributed by atoms with Gasteiger partial charge in [0.25, 0.3) is 0 Å². The molecule has 0 aromatic carbocycles. The van der Waals surface area contributed by atoms with Crippen molar-refractivity contribution in [3.05, 3.63) is 73.1 Å². The molecule has 0 aliphatic heterocycles. The molecule has 0 aromatic rings. The van der Waals surface area contributed by atoms with Crippen LogP contribution in [0, 0.1) is 0 Å². The van der Waals surface area contributed by atoms with Crippen molar-refractivity contribution in [1.82, 2.24) is 0 Å². The Morgan fingerprint density at radius 1 is 0.554 bits per heavy atom. The van der Waals surface area contributed by atoms with Crippen LogP contribution in [-0.4, -0.2) is 43.3 Å². The van der Waals surface area contributed by atoms with E-state index in [1.807, 2.05) is 18.2 Å². The van der Waals surface area contributed by atoms with E-state index in [0.29, 0.717) is 6.42 Å². The first-order valence-electron chi connectivity index (χ1n) is 22.5. The van der Waals surface area contributed by atoms with Crippen LogP contribution in [0.2, 0.25) is 0 Å². The minimum atomic E-state index is -4.32. The maximum Gasteiger partial charge on any atom is 0.472 e. The predicted molar refractivity (Wildman–Crippen MR) is 237 cm³/mol. The van der Waals surface area contributed by atoms with Crippen LogP contribution in [0.3, 0.4) is 0 Å². The summed E-state index contributed by atoms with van der Waals surface area (Å²) in [6, 6.07) is 0. The van der Waals surface area contributed by atoms with E-state index in [1.165, 1.54) is 122 Å². The Hall–Kier alpha value is -2.22. The van der Waals surface area contributed by atoms with Crippen LogP contribution in [-0.2, 0) is 27.9 Å². The molecule has 0 saturated carbocycles. The zero-order valence-corrected chi connectivity index (χ0v) is 36.7. The first kappa shape index (κ1) is 53.8. The maximum absolute atomic E-state index is 12.5. The molecule has 0 amide bonds. The van der Waals surface area contributed by atoms with Crippen molar-refractivity contribution >= 4 is 13.8 Å². The number of carbonyl (C=O) groups excluding carboxylic acids is 1. The lowest BCUT2D eigenvalue weighted by molar-refractivity contribution is -0.153. The molecule has 0 heterocycles. The zero-order chi connectivity index (χ0) is 40.9. The Morgan fingerprint density at radius 2 is 0.964 bits per heavy atom. The van der Waals surface area contributed by atoms with Crippen LogP contribution < -0.4 is 5.73 Å². The number of hydrogen-bond acceptors (Lipinski definition) is 7. The largest absolute Gasteiger partial charge is 0.498 e. The minimum absolute atomic E-state index is 0.00000727. The number of nitrogens with two attached hydrogens (primary N) is 1. The fourth-order valence-corrected chi connectivity index (χ4v) is 6.65. The molecule has 9 heteroatoms. The number of ether oxygens (including phenoxy) is 2. The molecule has 56 heavy (non-hydrogen) atoms. The van der Waals surface area contributed by atoms with Gasteiger partial charge in [0, 0.05) is 13.0 Å². The average Bonchev–Trinajstić information content (AvgIpc) is 3.19. The highest BCUT2D eigenvalue weighted by Crippen LogP contribution is 2.43. The molecule has 0 aliphatic carbocycles. The van der Waals surface area contributed by atoms with Crippen molar-refractivity contribution < 1.29 is 32.8 Å². The fourth-order valence-electron chi connectivity index (χ4n) is 5.89. The highest BCUT2D eigenvalue weighted by atomic mass is 31.2. The van der Waals surface area contributed by atoms with Crippen molar-refractivity contribution in [2.75, 3.05) is 26.4 Å². The molecule has 3 N–H and O–H groups in total. The molecule has 0 aromatic heterocycles. The monoisotopic (exact) mass is 806 g/mol. The molecule has 8 nitrogen and oxygen atoms in total. The van der Waals surface area contributed by atoms with E-state index < -0.39 is 19.9 Å². The zero-order valence-electron chi connectivity index (χ0n) is 35.8. The third-order valence-electron chi connectivity index (χ3n) is 9.20. The summed E-state index contributed by atoms with van der Waals surface area (Å²) in [6.07, 6.45) is 56.0. The van der Waals surface area contributed by atoms with Crippen molar-refractivity contribution in [1.29, 1.82) is 0 Å². The molecule has 0 radical (unpaired) electrons. The van der Waals surface area contributed by atoms with E-state index in [1.54, 1.807) is 6.26 Å². The summed E-state index contributed by atoms with van der Waals surface area (Å²) in [7, 11) is -4.32. The van der Waals surface area contributed by atoms with Gasteiger partial charge in [-0.25, -0.2) is 4.57 Å². The van der Waals surface area contributed by atoms with E-state index in [4.69, 9.17) is 24.3 Å². The van der Waals surface area contributed by atoms with Gasteiger partial charge in [0.05, 0.1) is 19.5 Å². The van der Waals surface area contributed by atoms with Gasteiger partial charge in [0.2, 0.25) is 0 Å². The lowest BCUT2D eigenvalue weighted by atomic mass is 10.0. The lowest BCUT2D eigenvalue weighted by Gasteiger charge is -2.19. The summed E-state index contributed by atoms with van der Waals surface area (Å²) in [5.74, 6) is -0.433. The molecule has 0 spiro atoms. The molecule has 324 valence electrons. The number of hydrogen-bond donors (Lipinski definition) is 2. The summed E-state index contributed by atoms with van der Waals surface area (Å²) >= 11 is 0. The number of unbranched alkanes of at least 4 members (excludes halogenated alkanes) is 19.